The molecule has 1 amide bonds. The average molecular weight is 378 g/mol. The number of morpholine rings is 1. The first kappa shape index (κ1) is 17.7. The topological polar surface area (TPSA) is 53.9 Å². The second-order valence-corrected chi connectivity index (χ2v) is 6.33. The highest BCUT2D eigenvalue weighted by Gasteiger charge is 2.10. The number of hydrogen-bond donors (Lipinski definition) is 1. The van der Waals surface area contributed by atoms with Gasteiger partial charge in [-0.25, -0.2) is 5.43 Å². The minimum absolute atomic E-state index is 0.331. The minimum Gasteiger partial charge on any atom is -0.378 e. The monoisotopic (exact) mass is 377 g/mol. The van der Waals surface area contributed by atoms with Crippen molar-refractivity contribution < 1.29 is 9.53 Å². The molecule has 7 heteroatoms. The van der Waals surface area contributed by atoms with Crippen molar-refractivity contribution >= 4 is 41.0 Å². The highest BCUT2D eigenvalue weighted by atomic mass is 35.5. The molecule has 5 nitrogen and oxygen atoms in total. The summed E-state index contributed by atoms with van der Waals surface area (Å²) in [4.78, 5) is 14.3. The van der Waals surface area contributed by atoms with E-state index in [2.05, 4.69) is 15.4 Å². The Hall–Kier alpha value is -2.08. The Morgan fingerprint density at radius 3 is 2.48 bits per heavy atom. The normalized spacial score (nSPS) is 14.7. The molecule has 25 heavy (non-hydrogen) atoms. The molecule has 1 N–H and O–H groups in total. The van der Waals surface area contributed by atoms with Gasteiger partial charge in [-0.2, -0.15) is 5.10 Å². The van der Waals surface area contributed by atoms with Crippen LogP contribution in [-0.2, 0) is 4.74 Å². The second-order valence-electron chi connectivity index (χ2n) is 5.52. The van der Waals surface area contributed by atoms with E-state index in [0.717, 1.165) is 37.6 Å². The van der Waals surface area contributed by atoms with Crippen LogP contribution in [0.4, 0.5) is 5.69 Å². The van der Waals surface area contributed by atoms with E-state index in [1.807, 2.05) is 24.3 Å². The number of ether oxygens (including phenoxy) is 1. The van der Waals surface area contributed by atoms with Gasteiger partial charge in [0.25, 0.3) is 5.91 Å². The van der Waals surface area contributed by atoms with Crippen molar-refractivity contribution in [1.82, 2.24) is 5.43 Å². The molecule has 130 valence electrons. The van der Waals surface area contributed by atoms with Crippen LogP contribution in [0.3, 0.4) is 0 Å². The molecule has 1 aliphatic heterocycles. The van der Waals surface area contributed by atoms with Gasteiger partial charge >= 0.3 is 0 Å². The SMILES string of the molecule is O=C(N/N=C\c1ccc(N2CCOCC2)cc1)c1ccc(Cl)c(Cl)c1. The molecule has 0 aliphatic carbocycles. The molecule has 0 aromatic heterocycles. The van der Waals surface area contributed by atoms with Crippen LogP contribution in [0, 0.1) is 0 Å². The van der Waals surface area contributed by atoms with Crippen LogP contribution in [0.25, 0.3) is 0 Å². The van der Waals surface area contributed by atoms with Gasteiger partial charge in [0.15, 0.2) is 0 Å². The summed E-state index contributed by atoms with van der Waals surface area (Å²) in [7, 11) is 0. The maximum absolute atomic E-state index is 12.0. The summed E-state index contributed by atoms with van der Waals surface area (Å²) in [6.07, 6.45) is 1.60. The number of nitrogens with zero attached hydrogens (tertiary/aromatic N) is 2. The van der Waals surface area contributed by atoms with E-state index in [-0.39, 0.29) is 5.91 Å². The zero-order valence-corrected chi connectivity index (χ0v) is 14.9. The Labute approximate surface area is 156 Å². The molecule has 0 unspecified atom stereocenters. The van der Waals surface area contributed by atoms with E-state index in [1.54, 1.807) is 18.3 Å². The van der Waals surface area contributed by atoms with Gasteiger partial charge in [-0.1, -0.05) is 35.3 Å². The number of nitrogens with one attached hydrogen (secondary N) is 1. The third-order valence-corrected chi connectivity index (χ3v) is 4.57. The molecule has 0 atom stereocenters. The van der Waals surface area contributed by atoms with Gasteiger partial charge in [0.2, 0.25) is 0 Å². The van der Waals surface area contributed by atoms with Crippen LogP contribution in [0.15, 0.2) is 47.6 Å². The standard InChI is InChI=1S/C18H17Cl2N3O2/c19-16-6-3-14(11-17(16)20)18(24)22-21-12-13-1-4-15(5-2-13)23-7-9-25-10-8-23/h1-6,11-12H,7-10H2,(H,22,24)/b21-12-. The lowest BCUT2D eigenvalue weighted by molar-refractivity contribution is 0.0955. The molecule has 0 saturated carbocycles. The second kappa shape index (κ2) is 8.34. The van der Waals surface area contributed by atoms with Crippen molar-refractivity contribution in [2.24, 2.45) is 5.10 Å². The van der Waals surface area contributed by atoms with Crippen LogP contribution < -0.4 is 10.3 Å². The minimum atomic E-state index is -0.347. The molecule has 1 aliphatic rings. The van der Waals surface area contributed by atoms with E-state index in [1.165, 1.54) is 6.07 Å². The molecule has 1 heterocycles. The fourth-order valence-corrected chi connectivity index (χ4v) is 2.76. The first-order valence-corrected chi connectivity index (χ1v) is 8.60. The molecule has 0 radical (unpaired) electrons. The molecule has 1 fully saturated rings. The maximum atomic E-state index is 12.0. The zero-order chi connectivity index (χ0) is 17.6. The molecule has 2 aromatic rings. The summed E-state index contributed by atoms with van der Waals surface area (Å²) < 4.78 is 5.35. The fourth-order valence-electron chi connectivity index (χ4n) is 2.46. The van der Waals surface area contributed by atoms with E-state index in [4.69, 9.17) is 27.9 Å². The Balaban J connectivity index is 1.58. The average Bonchev–Trinajstić information content (AvgIpc) is 2.65. The number of halogens is 2. The Morgan fingerprint density at radius 1 is 1.08 bits per heavy atom. The Morgan fingerprint density at radius 2 is 1.80 bits per heavy atom. The van der Waals surface area contributed by atoms with Crippen molar-refractivity contribution in [3.05, 3.63) is 63.6 Å². The number of benzene rings is 2. The molecular formula is C18H17Cl2N3O2. The van der Waals surface area contributed by atoms with Gasteiger partial charge in [0.05, 0.1) is 29.5 Å². The van der Waals surface area contributed by atoms with Crippen LogP contribution >= 0.6 is 23.2 Å². The quantitative estimate of drug-likeness (QED) is 0.654. The zero-order valence-electron chi connectivity index (χ0n) is 13.4. The van der Waals surface area contributed by atoms with E-state index in [9.17, 15) is 4.79 Å². The van der Waals surface area contributed by atoms with Crippen molar-refractivity contribution in [3.63, 3.8) is 0 Å². The van der Waals surface area contributed by atoms with Gasteiger partial charge in [0, 0.05) is 24.3 Å². The number of carbonyl (C=O) groups is 1. The van der Waals surface area contributed by atoms with Crippen LogP contribution in [-0.4, -0.2) is 38.4 Å². The third-order valence-electron chi connectivity index (χ3n) is 3.83. The fraction of sp³-hybridized carbons (Fsp3) is 0.222. The maximum Gasteiger partial charge on any atom is 0.271 e. The Bertz CT molecular complexity index is 772. The Kier molecular flexibility index (Phi) is 5.91. The summed E-state index contributed by atoms with van der Waals surface area (Å²) in [5.41, 5.74) is 4.92. The molecule has 2 aromatic carbocycles. The molecule has 3 rings (SSSR count). The number of hydrazone groups is 1. The molecule has 1 saturated heterocycles. The number of carbonyl (C=O) groups excluding carboxylic acids is 1. The van der Waals surface area contributed by atoms with Gasteiger partial charge in [-0.3, -0.25) is 4.79 Å². The van der Waals surface area contributed by atoms with Crippen molar-refractivity contribution in [2.45, 2.75) is 0 Å². The van der Waals surface area contributed by atoms with E-state index < -0.39 is 0 Å². The summed E-state index contributed by atoms with van der Waals surface area (Å²) in [5.74, 6) is -0.347. The smallest absolute Gasteiger partial charge is 0.271 e. The highest BCUT2D eigenvalue weighted by Crippen LogP contribution is 2.22. The summed E-state index contributed by atoms with van der Waals surface area (Å²) >= 11 is 11.7. The van der Waals surface area contributed by atoms with Crippen molar-refractivity contribution in [3.8, 4) is 0 Å². The van der Waals surface area contributed by atoms with Crippen LogP contribution in [0.1, 0.15) is 15.9 Å². The van der Waals surface area contributed by atoms with Crippen molar-refractivity contribution in [1.29, 1.82) is 0 Å². The summed E-state index contributed by atoms with van der Waals surface area (Å²) in [5, 5.41) is 4.71. The first-order valence-electron chi connectivity index (χ1n) is 7.85. The number of anilines is 1. The number of hydrogen-bond acceptors (Lipinski definition) is 4. The summed E-state index contributed by atoms with van der Waals surface area (Å²) in [6, 6.07) is 12.7. The highest BCUT2D eigenvalue weighted by molar-refractivity contribution is 6.42. The van der Waals surface area contributed by atoms with Crippen LogP contribution in [0.5, 0.6) is 0 Å². The predicted octanol–water partition coefficient (Wildman–Crippen LogP) is 3.59. The first-order chi connectivity index (χ1) is 12.1. The van der Waals surface area contributed by atoms with Gasteiger partial charge < -0.3 is 9.64 Å². The lowest BCUT2D eigenvalue weighted by Gasteiger charge is -2.28. The van der Waals surface area contributed by atoms with Crippen molar-refractivity contribution in [2.75, 3.05) is 31.2 Å². The predicted molar refractivity (Wildman–Crippen MR) is 101 cm³/mol. The van der Waals surface area contributed by atoms with E-state index in [0.29, 0.717) is 15.6 Å². The lowest BCUT2D eigenvalue weighted by atomic mass is 10.2. The van der Waals surface area contributed by atoms with Gasteiger partial charge in [-0.05, 0) is 35.9 Å². The molecule has 0 bridgehead atoms. The van der Waals surface area contributed by atoms with Crippen LogP contribution in [0.2, 0.25) is 10.0 Å². The molecule has 0 spiro atoms. The largest absolute Gasteiger partial charge is 0.378 e. The van der Waals surface area contributed by atoms with Gasteiger partial charge in [-0.15, -0.1) is 0 Å². The van der Waals surface area contributed by atoms with Gasteiger partial charge in [0.1, 0.15) is 0 Å². The number of amides is 1. The number of rotatable bonds is 4. The third kappa shape index (κ3) is 4.72. The molecular weight excluding hydrogens is 361 g/mol. The lowest BCUT2D eigenvalue weighted by Crippen LogP contribution is -2.36. The van der Waals surface area contributed by atoms with E-state index >= 15 is 0 Å². The summed E-state index contributed by atoms with van der Waals surface area (Å²) in [6.45, 7) is 3.30.